The Kier molecular flexibility index (Phi) is 4.67. The standard InChI is InChI=1S/C20H28O5/c1-12-7-5-8-19(3,23)9-6-10-20(4)15(25-20)11-14-13(2)18(22)24-17(14)16(12)21/h6,9,12,14-15,17,23H,2,5,7-8,10-11H2,1,3-4H3/b9-6-/t12-,14+,15-,17-,19?,20-/m1/s1. The van der Waals surface area contributed by atoms with Crippen molar-refractivity contribution in [3.8, 4) is 0 Å². The maximum absolute atomic E-state index is 12.8. The van der Waals surface area contributed by atoms with Crippen molar-refractivity contribution in [1.29, 1.82) is 0 Å². The van der Waals surface area contributed by atoms with E-state index < -0.39 is 17.7 Å². The summed E-state index contributed by atoms with van der Waals surface area (Å²) in [6, 6.07) is 0. The Morgan fingerprint density at radius 3 is 2.76 bits per heavy atom. The number of hydrogen-bond donors (Lipinski definition) is 1. The van der Waals surface area contributed by atoms with Gasteiger partial charge in [-0.3, -0.25) is 4.79 Å². The SMILES string of the molecule is C=C1C(=O)O[C@H]2C(=O)[C@H](C)CCCC(C)(O)/C=C\C[C@@]3(C)O[C@@H]3C[C@@H]12. The number of carbonyl (C=O) groups excluding carboxylic acids is 2. The van der Waals surface area contributed by atoms with Crippen LogP contribution in [0.15, 0.2) is 24.3 Å². The summed E-state index contributed by atoms with van der Waals surface area (Å²) in [5.41, 5.74) is -0.819. The zero-order valence-corrected chi connectivity index (χ0v) is 15.3. The van der Waals surface area contributed by atoms with E-state index in [1.165, 1.54) is 0 Å². The molecule has 6 atom stereocenters. The van der Waals surface area contributed by atoms with Gasteiger partial charge >= 0.3 is 5.97 Å². The lowest BCUT2D eigenvalue weighted by atomic mass is 9.82. The minimum Gasteiger partial charge on any atom is -0.450 e. The molecule has 2 heterocycles. The molecule has 0 amide bonds. The fourth-order valence-electron chi connectivity index (χ4n) is 3.95. The van der Waals surface area contributed by atoms with E-state index in [2.05, 4.69) is 6.58 Å². The van der Waals surface area contributed by atoms with Crippen molar-refractivity contribution in [2.75, 3.05) is 0 Å². The van der Waals surface area contributed by atoms with E-state index in [-0.39, 0.29) is 29.3 Å². The number of rotatable bonds is 0. The number of ether oxygens (including phenoxy) is 2. The minimum absolute atomic E-state index is 0.0353. The molecule has 3 aliphatic rings. The molecule has 0 aromatic carbocycles. The van der Waals surface area contributed by atoms with E-state index in [9.17, 15) is 14.7 Å². The van der Waals surface area contributed by atoms with E-state index in [1.807, 2.05) is 26.0 Å². The predicted octanol–water partition coefficient (Wildman–Crippen LogP) is 2.72. The summed E-state index contributed by atoms with van der Waals surface area (Å²) < 4.78 is 11.2. The van der Waals surface area contributed by atoms with Gasteiger partial charge in [-0.15, -0.1) is 0 Å². The number of esters is 1. The maximum Gasteiger partial charge on any atom is 0.334 e. The lowest BCUT2D eigenvalue weighted by Gasteiger charge is -2.23. The molecule has 1 N–H and O–H groups in total. The average Bonchev–Trinajstić information content (AvgIpc) is 3.07. The van der Waals surface area contributed by atoms with Crippen molar-refractivity contribution >= 4 is 11.8 Å². The molecule has 5 heteroatoms. The molecule has 1 unspecified atom stereocenters. The zero-order chi connectivity index (χ0) is 18.4. The fraction of sp³-hybridized carbons (Fsp3) is 0.700. The van der Waals surface area contributed by atoms with Gasteiger partial charge in [0.05, 0.1) is 17.3 Å². The van der Waals surface area contributed by atoms with E-state index in [0.717, 1.165) is 6.42 Å². The zero-order valence-electron chi connectivity index (χ0n) is 15.3. The van der Waals surface area contributed by atoms with Crippen LogP contribution in [0.25, 0.3) is 0 Å². The summed E-state index contributed by atoms with van der Waals surface area (Å²) in [5, 5.41) is 10.4. The molecule has 2 saturated heterocycles. The van der Waals surface area contributed by atoms with Crippen LogP contribution in [0.5, 0.6) is 0 Å². The first-order valence-corrected chi connectivity index (χ1v) is 9.14. The van der Waals surface area contributed by atoms with Gasteiger partial charge in [0.2, 0.25) is 0 Å². The molecule has 138 valence electrons. The Balaban J connectivity index is 1.83. The summed E-state index contributed by atoms with van der Waals surface area (Å²) in [6.07, 6.45) is 6.26. The second-order valence-corrected chi connectivity index (χ2v) is 8.27. The molecule has 0 aromatic rings. The van der Waals surface area contributed by atoms with Crippen LogP contribution < -0.4 is 0 Å². The quantitative estimate of drug-likeness (QED) is 0.315. The molecular weight excluding hydrogens is 320 g/mol. The van der Waals surface area contributed by atoms with Crippen LogP contribution in [0.1, 0.15) is 52.9 Å². The molecule has 2 fully saturated rings. The van der Waals surface area contributed by atoms with Gasteiger partial charge in [-0.25, -0.2) is 4.79 Å². The molecule has 0 saturated carbocycles. The first-order chi connectivity index (χ1) is 11.6. The molecule has 5 nitrogen and oxygen atoms in total. The lowest BCUT2D eigenvalue weighted by Crippen LogP contribution is -2.33. The van der Waals surface area contributed by atoms with Crippen LogP contribution in [0.3, 0.4) is 0 Å². The monoisotopic (exact) mass is 348 g/mol. The average molecular weight is 348 g/mol. The van der Waals surface area contributed by atoms with E-state index in [0.29, 0.717) is 31.3 Å². The number of carbonyl (C=O) groups is 2. The Hall–Kier alpha value is -1.46. The second-order valence-electron chi connectivity index (χ2n) is 8.27. The van der Waals surface area contributed by atoms with Crippen molar-refractivity contribution in [3.63, 3.8) is 0 Å². The van der Waals surface area contributed by atoms with Crippen molar-refractivity contribution in [2.24, 2.45) is 11.8 Å². The van der Waals surface area contributed by atoms with Crippen molar-refractivity contribution < 1.29 is 24.2 Å². The predicted molar refractivity (Wildman–Crippen MR) is 92.8 cm³/mol. The van der Waals surface area contributed by atoms with E-state index >= 15 is 0 Å². The summed E-state index contributed by atoms with van der Waals surface area (Å²) in [4.78, 5) is 24.8. The first kappa shape index (κ1) is 18.3. The largest absolute Gasteiger partial charge is 0.450 e. The topological polar surface area (TPSA) is 76.1 Å². The van der Waals surface area contributed by atoms with Crippen molar-refractivity contribution in [2.45, 2.75) is 76.3 Å². The maximum atomic E-state index is 12.8. The summed E-state index contributed by atoms with van der Waals surface area (Å²) in [5.74, 6) is -1.04. The Labute approximate surface area is 149 Å². The number of ketones is 1. The minimum atomic E-state index is -0.885. The molecule has 0 spiro atoms. The van der Waals surface area contributed by atoms with Crippen molar-refractivity contribution in [1.82, 2.24) is 0 Å². The highest BCUT2D eigenvalue weighted by Gasteiger charge is 2.55. The molecule has 0 radical (unpaired) electrons. The molecule has 0 bridgehead atoms. The van der Waals surface area contributed by atoms with Gasteiger partial charge in [-0.2, -0.15) is 0 Å². The highest BCUT2D eigenvalue weighted by Crippen LogP contribution is 2.47. The summed E-state index contributed by atoms with van der Waals surface area (Å²) in [7, 11) is 0. The van der Waals surface area contributed by atoms with Crippen LogP contribution in [-0.2, 0) is 19.1 Å². The molecule has 0 aromatic heterocycles. The number of Topliss-reactive ketones (excluding diaryl/α,β-unsaturated/α-hetero) is 1. The molecular formula is C20H28O5. The van der Waals surface area contributed by atoms with E-state index in [1.54, 1.807) is 6.92 Å². The Bertz CT molecular complexity index is 620. The van der Waals surface area contributed by atoms with Gasteiger partial charge in [0.25, 0.3) is 0 Å². The van der Waals surface area contributed by atoms with Gasteiger partial charge in [0, 0.05) is 17.4 Å². The molecule has 1 aliphatic carbocycles. The van der Waals surface area contributed by atoms with Crippen LogP contribution in [-0.4, -0.2) is 40.3 Å². The number of aliphatic hydroxyl groups is 1. The Morgan fingerprint density at radius 1 is 1.32 bits per heavy atom. The first-order valence-electron chi connectivity index (χ1n) is 9.14. The number of hydrogen-bond acceptors (Lipinski definition) is 5. The molecule has 25 heavy (non-hydrogen) atoms. The van der Waals surface area contributed by atoms with Gasteiger partial charge in [0.15, 0.2) is 11.9 Å². The molecule has 2 aliphatic heterocycles. The highest BCUT2D eigenvalue weighted by molar-refractivity contribution is 5.98. The Morgan fingerprint density at radius 2 is 2.04 bits per heavy atom. The van der Waals surface area contributed by atoms with Crippen molar-refractivity contribution in [3.05, 3.63) is 24.3 Å². The van der Waals surface area contributed by atoms with Gasteiger partial charge in [-0.1, -0.05) is 25.7 Å². The van der Waals surface area contributed by atoms with E-state index in [4.69, 9.17) is 9.47 Å². The third-order valence-corrected chi connectivity index (χ3v) is 5.90. The molecule has 3 rings (SSSR count). The van der Waals surface area contributed by atoms with Crippen LogP contribution in [0.4, 0.5) is 0 Å². The van der Waals surface area contributed by atoms with Gasteiger partial charge < -0.3 is 14.6 Å². The van der Waals surface area contributed by atoms with Crippen LogP contribution >= 0.6 is 0 Å². The van der Waals surface area contributed by atoms with Crippen LogP contribution in [0.2, 0.25) is 0 Å². The van der Waals surface area contributed by atoms with Gasteiger partial charge in [0.1, 0.15) is 0 Å². The van der Waals surface area contributed by atoms with Gasteiger partial charge in [-0.05, 0) is 46.0 Å². The summed E-state index contributed by atoms with van der Waals surface area (Å²) in [6.45, 7) is 9.51. The van der Waals surface area contributed by atoms with Crippen LogP contribution in [0, 0.1) is 11.8 Å². The fourth-order valence-corrected chi connectivity index (χ4v) is 3.95. The smallest absolute Gasteiger partial charge is 0.334 e. The number of fused-ring (bicyclic) bond motifs is 2. The highest BCUT2D eigenvalue weighted by atomic mass is 16.6. The third-order valence-electron chi connectivity index (χ3n) is 5.90. The second kappa shape index (κ2) is 6.36. The normalized spacial score (nSPS) is 46.6. The summed E-state index contributed by atoms with van der Waals surface area (Å²) >= 11 is 0. The lowest BCUT2D eigenvalue weighted by molar-refractivity contribution is -0.148. The number of epoxide rings is 1. The third kappa shape index (κ3) is 3.72.